The van der Waals surface area contributed by atoms with E-state index in [1.807, 2.05) is 0 Å². The third kappa shape index (κ3) is 3.25. The smallest absolute Gasteiger partial charge is 0.254 e. The number of rotatable bonds is 4. The molecule has 106 valence electrons. The Hall–Kier alpha value is -0.700. The van der Waals surface area contributed by atoms with Crippen molar-refractivity contribution in [2.75, 3.05) is 26.7 Å². The van der Waals surface area contributed by atoms with Crippen LogP contribution in [0.5, 0.6) is 0 Å². The second-order valence-corrected chi connectivity index (χ2v) is 8.17. The van der Waals surface area contributed by atoms with E-state index in [9.17, 15) is 13.2 Å². The van der Waals surface area contributed by atoms with Gasteiger partial charge in [-0.25, -0.2) is 13.4 Å². The van der Waals surface area contributed by atoms with Crippen molar-refractivity contribution in [2.24, 2.45) is 0 Å². The molecule has 1 aliphatic heterocycles. The normalized spacial score (nSPS) is 16.3. The first-order valence-electron chi connectivity index (χ1n) is 5.76. The Morgan fingerprint density at radius 1 is 1.53 bits per heavy atom. The molecule has 19 heavy (non-hydrogen) atoms. The van der Waals surface area contributed by atoms with Crippen molar-refractivity contribution in [1.29, 1.82) is 0 Å². The van der Waals surface area contributed by atoms with E-state index in [1.54, 1.807) is 4.90 Å². The highest BCUT2D eigenvalue weighted by Crippen LogP contribution is 2.24. The molecule has 1 aliphatic rings. The Kier molecular flexibility index (Phi) is 4.44. The maximum Gasteiger partial charge on any atom is 0.254 e. The van der Waals surface area contributed by atoms with Crippen molar-refractivity contribution >= 4 is 38.9 Å². The molecule has 0 aromatic carbocycles. The summed E-state index contributed by atoms with van der Waals surface area (Å²) >= 11 is 6.51. The maximum absolute atomic E-state index is 12.2. The van der Waals surface area contributed by atoms with Crippen LogP contribution >= 0.6 is 22.9 Å². The van der Waals surface area contributed by atoms with Crippen LogP contribution in [0.25, 0.3) is 0 Å². The topological polar surface area (TPSA) is 70.6 Å². The van der Waals surface area contributed by atoms with Crippen LogP contribution in [0.2, 0.25) is 4.47 Å². The zero-order valence-electron chi connectivity index (χ0n) is 10.4. The average molecular weight is 324 g/mol. The van der Waals surface area contributed by atoms with Gasteiger partial charge in [-0.2, -0.15) is 4.31 Å². The van der Waals surface area contributed by atoms with E-state index in [2.05, 4.69) is 4.98 Å². The zero-order chi connectivity index (χ0) is 14.0. The minimum absolute atomic E-state index is 0.0502. The Bertz CT molecular complexity index is 566. The first kappa shape index (κ1) is 14.7. The average Bonchev–Trinajstić information content (AvgIpc) is 2.99. The molecule has 0 unspecified atom stereocenters. The number of aromatic nitrogens is 1. The van der Waals surface area contributed by atoms with Crippen LogP contribution in [-0.2, 0) is 14.8 Å². The number of carbonyl (C=O) groups is 1. The highest BCUT2D eigenvalue weighted by Gasteiger charge is 2.27. The number of amides is 1. The molecule has 0 radical (unpaired) electrons. The number of hydrogen-bond donors (Lipinski definition) is 0. The fraction of sp³-hybridized carbons (Fsp3) is 0.600. The van der Waals surface area contributed by atoms with Crippen molar-refractivity contribution in [3.63, 3.8) is 0 Å². The molecule has 6 nitrogen and oxygen atoms in total. The first-order chi connectivity index (χ1) is 8.91. The van der Waals surface area contributed by atoms with Crippen LogP contribution in [0.1, 0.15) is 12.8 Å². The number of nitrogens with zero attached hydrogens (tertiary/aromatic N) is 3. The van der Waals surface area contributed by atoms with Crippen LogP contribution in [0.15, 0.2) is 10.4 Å². The van der Waals surface area contributed by atoms with E-state index in [-0.39, 0.29) is 21.1 Å². The van der Waals surface area contributed by atoms with Crippen molar-refractivity contribution in [3.8, 4) is 0 Å². The quantitative estimate of drug-likeness (QED) is 0.830. The van der Waals surface area contributed by atoms with E-state index in [4.69, 9.17) is 11.6 Å². The van der Waals surface area contributed by atoms with Gasteiger partial charge in [0.15, 0.2) is 8.68 Å². The van der Waals surface area contributed by atoms with Crippen molar-refractivity contribution < 1.29 is 13.2 Å². The van der Waals surface area contributed by atoms with Crippen LogP contribution in [0, 0.1) is 0 Å². The van der Waals surface area contributed by atoms with Gasteiger partial charge in [0.05, 0.1) is 12.7 Å². The lowest BCUT2D eigenvalue weighted by Crippen LogP contribution is -2.39. The van der Waals surface area contributed by atoms with Crippen LogP contribution < -0.4 is 0 Å². The standard InChI is InChI=1S/C10H14ClN3O3S2/c1-13(7-8(15)14-4-2-3-5-14)19(16,17)9-6-12-10(11)18-9/h6H,2-5,7H2,1H3. The largest absolute Gasteiger partial charge is 0.342 e. The second-order valence-electron chi connectivity index (χ2n) is 4.28. The maximum atomic E-state index is 12.2. The van der Waals surface area contributed by atoms with Gasteiger partial charge in [-0.1, -0.05) is 22.9 Å². The summed E-state index contributed by atoms with van der Waals surface area (Å²) in [7, 11) is -2.30. The Morgan fingerprint density at radius 3 is 2.68 bits per heavy atom. The molecule has 0 bridgehead atoms. The van der Waals surface area contributed by atoms with Gasteiger partial charge in [-0.05, 0) is 12.8 Å². The summed E-state index contributed by atoms with van der Waals surface area (Å²) in [6.45, 7) is 1.26. The minimum atomic E-state index is -3.69. The predicted molar refractivity (Wildman–Crippen MR) is 72.8 cm³/mol. The molecule has 0 aliphatic carbocycles. The van der Waals surface area contributed by atoms with E-state index in [1.165, 1.54) is 13.2 Å². The minimum Gasteiger partial charge on any atom is -0.342 e. The third-order valence-electron chi connectivity index (χ3n) is 2.94. The zero-order valence-corrected chi connectivity index (χ0v) is 12.8. The number of sulfonamides is 1. The fourth-order valence-corrected chi connectivity index (χ4v) is 4.48. The summed E-state index contributed by atoms with van der Waals surface area (Å²) in [6, 6.07) is 0. The summed E-state index contributed by atoms with van der Waals surface area (Å²) in [5.41, 5.74) is 0. The fourth-order valence-electron chi connectivity index (χ4n) is 1.85. The van der Waals surface area contributed by atoms with E-state index < -0.39 is 10.0 Å². The molecule has 0 N–H and O–H groups in total. The van der Waals surface area contributed by atoms with Crippen molar-refractivity contribution in [2.45, 2.75) is 17.1 Å². The lowest BCUT2D eigenvalue weighted by molar-refractivity contribution is -0.130. The first-order valence-corrected chi connectivity index (χ1v) is 8.40. The predicted octanol–water partition coefficient (Wildman–Crippen LogP) is 1.04. The van der Waals surface area contributed by atoms with E-state index in [0.717, 1.165) is 28.5 Å². The van der Waals surface area contributed by atoms with Crippen LogP contribution in [0.4, 0.5) is 0 Å². The molecule has 1 fully saturated rings. The number of hydrogen-bond acceptors (Lipinski definition) is 5. The molecule has 1 aromatic heterocycles. The van der Waals surface area contributed by atoms with Gasteiger partial charge >= 0.3 is 0 Å². The van der Waals surface area contributed by atoms with Crippen LogP contribution in [-0.4, -0.2) is 55.2 Å². The third-order valence-corrected chi connectivity index (χ3v) is 6.29. The highest BCUT2D eigenvalue weighted by atomic mass is 35.5. The lowest BCUT2D eigenvalue weighted by atomic mass is 10.4. The second kappa shape index (κ2) is 5.74. The number of carbonyl (C=O) groups excluding carboxylic acids is 1. The molecule has 2 heterocycles. The molecule has 0 atom stereocenters. The molecular formula is C10H14ClN3O3S2. The molecule has 1 aromatic rings. The summed E-state index contributed by atoms with van der Waals surface area (Å²) < 4.78 is 25.6. The van der Waals surface area contributed by atoms with Crippen molar-refractivity contribution in [3.05, 3.63) is 10.7 Å². The summed E-state index contributed by atoms with van der Waals surface area (Å²) in [5.74, 6) is -0.167. The molecule has 9 heteroatoms. The molecule has 0 saturated carbocycles. The van der Waals surface area contributed by atoms with Crippen molar-refractivity contribution in [1.82, 2.24) is 14.2 Å². The molecular weight excluding hydrogens is 310 g/mol. The Labute approximate surface area is 121 Å². The highest BCUT2D eigenvalue weighted by molar-refractivity contribution is 7.91. The van der Waals surface area contributed by atoms with Gasteiger partial charge < -0.3 is 4.90 Å². The number of halogens is 1. The lowest BCUT2D eigenvalue weighted by Gasteiger charge is -2.20. The van der Waals surface area contributed by atoms with E-state index >= 15 is 0 Å². The Balaban J connectivity index is 2.06. The van der Waals surface area contributed by atoms with Gasteiger partial charge in [0, 0.05) is 20.1 Å². The monoisotopic (exact) mass is 323 g/mol. The molecule has 1 saturated heterocycles. The molecule has 0 spiro atoms. The molecule has 2 rings (SSSR count). The van der Waals surface area contributed by atoms with Gasteiger partial charge in [0.25, 0.3) is 10.0 Å². The Morgan fingerprint density at radius 2 is 2.16 bits per heavy atom. The van der Waals surface area contributed by atoms with E-state index in [0.29, 0.717) is 13.1 Å². The number of likely N-dealkylation sites (N-methyl/N-ethyl adjacent to an activating group) is 1. The summed E-state index contributed by atoms with van der Waals surface area (Å²) in [4.78, 5) is 17.3. The SMILES string of the molecule is CN(CC(=O)N1CCCC1)S(=O)(=O)c1cnc(Cl)s1. The summed E-state index contributed by atoms with van der Waals surface area (Å²) in [5, 5.41) is 0. The van der Waals surface area contributed by atoms with Gasteiger partial charge in [-0.3, -0.25) is 4.79 Å². The number of thiazole rings is 1. The van der Waals surface area contributed by atoms with Crippen LogP contribution in [0.3, 0.4) is 0 Å². The van der Waals surface area contributed by atoms with Gasteiger partial charge in [-0.15, -0.1) is 0 Å². The van der Waals surface area contributed by atoms with Gasteiger partial charge in [0.1, 0.15) is 0 Å². The van der Waals surface area contributed by atoms with Gasteiger partial charge in [0.2, 0.25) is 5.91 Å². The summed E-state index contributed by atoms with van der Waals surface area (Å²) in [6.07, 6.45) is 3.17. The molecule has 1 amide bonds. The number of likely N-dealkylation sites (tertiary alicyclic amines) is 1.